The monoisotopic (exact) mass is 476 g/mol. The Morgan fingerprint density at radius 1 is 0.971 bits per heavy atom. The molecule has 0 saturated carbocycles. The quantitative estimate of drug-likeness (QED) is 0.326. The van der Waals surface area contributed by atoms with Gasteiger partial charge in [0.15, 0.2) is 6.29 Å². The zero-order valence-electron chi connectivity index (χ0n) is 20.7. The third kappa shape index (κ3) is 4.96. The van der Waals surface area contributed by atoms with Gasteiger partial charge in [-0.05, 0) is 41.7 Å². The van der Waals surface area contributed by atoms with Crippen molar-refractivity contribution in [2.45, 2.75) is 52.5 Å². The lowest BCUT2D eigenvalue weighted by atomic mass is 9.98. The lowest BCUT2D eigenvalue weighted by Crippen LogP contribution is -2.26. The molecule has 2 heterocycles. The molecular formula is C26H32N6O3. The number of nitrogens with one attached hydrogen (secondary N) is 1. The molecule has 0 unspecified atom stereocenters. The lowest BCUT2D eigenvalue weighted by Gasteiger charge is -2.17. The molecule has 0 aliphatic heterocycles. The minimum atomic E-state index is -0.584. The van der Waals surface area contributed by atoms with E-state index in [1.165, 1.54) is 0 Å². The summed E-state index contributed by atoms with van der Waals surface area (Å²) in [6.07, 6.45) is 2.21. The maximum atomic E-state index is 13.4. The van der Waals surface area contributed by atoms with Crippen LogP contribution in [-0.4, -0.2) is 44.0 Å². The number of imidazole rings is 1. The van der Waals surface area contributed by atoms with Crippen molar-refractivity contribution >= 4 is 0 Å². The summed E-state index contributed by atoms with van der Waals surface area (Å²) in [6, 6.07) is 16.2. The molecule has 4 rings (SSSR count). The van der Waals surface area contributed by atoms with Crippen molar-refractivity contribution in [3.63, 3.8) is 0 Å². The fourth-order valence-electron chi connectivity index (χ4n) is 4.49. The Morgan fingerprint density at radius 2 is 1.69 bits per heavy atom. The van der Waals surface area contributed by atoms with Crippen LogP contribution in [0.25, 0.3) is 22.5 Å². The second kappa shape index (κ2) is 11.2. The maximum absolute atomic E-state index is 13.4. The van der Waals surface area contributed by atoms with Gasteiger partial charge in [-0.1, -0.05) is 61.9 Å². The number of unbranched alkanes of at least 4 members (excludes halogenated alkanes) is 1. The van der Waals surface area contributed by atoms with Crippen molar-refractivity contribution in [2.24, 2.45) is 0 Å². The van der Waals surface area contributed by atoms with Gasteiger partial charge in [-0.25, -0.2) is 4.79 Å². The van der Waals surface area contributed by atoms with Crippen molar-refractivity contribution in [3.05, 3.63) is 76.0 Å². The van der Waals surface area contributed by atoms with E-state index in [2.05, 4.69) is 51.8 Å². The Kier molecular flexibility index (Phi) is 7.89. The SMILES string of the molecule is CCCCc1c(C(OC)OC)n(CC)c(=O)n1Cc1ccc(-c2ccccc2-c2nn[nH]n2)cc1. The summed E-state index contributed by atoms with van der Waals surface area (Å²) < 4.78 is 14.7. The second-order valence-electron chi connectivity index (χ2n) is 8.33. The molecule has 9 heteroatoms. The molecule has 0 aliphatic rings. The predicted octanol–water partition coefficient (Wildman–Crippen LogP) is 4.20. The van der Waals surface area contributed by atoms with Crippen molar-refractivity contribution in [3.8, 4) is 22.5 Å². The van der Waals surface area contributed by atoms with E-state index < -0.39 is 6.29 Å². The summed E-state index contributed by atoms with van der Waals surface area (Å²) in [5.41, 5.74) is 5.74. The summed E-state index contributed by atoms with van der Waals surface area (Å²) in [6.45, 7) is 5.14. The fraction of sp³-hybridized carbons (Fsp3) is 0.385. The molecule has 0 spiro atoms. The lowest BCUT2D eigenvalue weighted by molar-refractivity contribution is -0.111. The van der Waals surface area contributed by atoms with Crippen LogP contribution in [0.4, 0.5) is 0 Å². The number of H-pyrrole nitrogens is 1. The number of tetrazole rings is 1. The molecule has 0 saturated heterocycles. The van der Waals surface area contributed by atoms with E-state index in [9.17, 15) is 4.79 Å². The zero-order valence-corrected chi connectivity index (χ0v) is 20.7. The molecule has 0 amide bonds. The Hall–Kier alpha value is -3.56. The van der Waals surface area contributed by atoms with E-state index in [4.69, 9.17) is 9.47 Å². The van der Waals surface area contributed by atoms with Gasteiger partial charge in [0.05, 0.1) is 12.2 Å². The smallest absolute Gasteiger partial charge is 0.329 e. The fourth-order valence-corrected chi connectivity index (χ4v) is 4.49. The van der Waals surface area contributed by atoms with Crippen molar-refractivity contribution in [1.29, 1.82) is 0 Å². The molecule has 2 aromatic heterocycles. The van der Waals surface area contributed by atoms with Gasteiger partial charge in [0.25, 0.3) is 0 Å². The van der Waals surface area contributed by atoms with Crippen LogP contribution < -0.4 is 5.69 Å². The van der Waals surface area contributed by atoms with Gasteiger partial charge in [0, 0.05) is 32.0 Å². The van der Waals surface area contributed by atoms with Crippen LogP contribution in [0, 0.1) is 0 Å². The van der Waals surface area contributed by atoms with Crippen LogP contribution in [-0.2, 0) is 29.0 Å². The highest BCUT2D eigenvalue weighted by Crippen LogP contribution is 2.30. The zero-order chi connectivity index (χ0) is 24.8. The standard InChI is InChI=1S/C26H32N6O3/c1-5-7-12-22-23(25(34-3)35-4)31(6-2)26(33)32(22)17-18-13-15-19(16-14-18)20-10-8-9-11-21(20)24-27-29-30-28-24/h8-11,13-16,25H,5-7,12,17H2,1-4H3,(H,27,28,29,30). The normalized spacial score (nSPS) is 11.5. The first kappa shape index (κ1) is 24.6. The minimum Gasteiger partial charge on any atom is -0.350 e. The van der Waals surface area contributed by atoms with Crippen LogP contribution in [0.5, 0.6) is 0 Å². The maximum Gasteiger partial charge on any atom is 0.329 e. The van der Waals surface area contributed by atoms with E-state index in [1.54, 1.807) is 18.8 Å². The summed E-state index contributed by atoms with van der Waals surface area (Å²) in [5, 5.41) is 14.5. The topological polar surface area (TPSA) is 99.9 Å². The first-order chi connectivity index (χ1) is 17.1. The first-order valence-electron chi connectivity index (χ1n) is 11.9. The minimum absolute atomic E-state index is 0.0424. The number of aromatic nitrogens is 6. The molecule has 0 atom stereocenters. The van der Waals surface area contributed by atoms with Crippen LogP contribution in [0.3, 0.4) is 0 Å². The number of aromatic amines is 1. The number of hydrogen-bond donors (Lipinski definition) is 1. The van der Waals surface area contributed by atoms with E-state index >= 15 is 0 Å². The van der Waals surface area contributed by atoms with Gasteiger partial charge in [-0.15, -0.1) is 10.2 Å². The van der Waals surface area contributed by atoms with Crippen LogP contribution in [0.15, 0.2) is 53.3 Å². The molecule has 0 radical (unpaired) electrons. The molecule has 0 bridgehead atoms. The van der Waals surface area contributed by atoms with Gasteiger partial charge in [-0.2, -0.15) is 5.21 Å². The van der Waals surface area contributed by atoms with Gasteiger partial charge in [0.2, 0.25) is 5.82 Å². The summed E-state index contributed by atoms with van der Waals surface area (Å²) in [7, 11) is 3.20. The van der Waals surface area contributed by atoms with Crippen molar-refractivity contribution in [1.82, 2.24) is 29.8 Å². The number of benzene rings is 2. The van der Waals surface area contributed by atoms with Crippen LogP contribution in [0.1, 0.15) is 49.9 Å². The van der Waals surface area contributed by atoms with Gasteiger partial charge < -0.3 is 9.47 Å². The molecule has 184 valence electrons. The van der Waals surface area contributed by atoms with E-state index in [-0.39, 0.29) is 5.69 Å². The summed E-state index contributed by atoms with van der Waals surface area (Å²) in [5.74, 6) is 0.552. The van der Waals surface area contributed by atoms with Crippen LogP contribution in [0.2, 0.25) is 0 Å². The third-order valence-electron chi connectivity index (χ3n) is 6.23. The highest BCUT2D eigenvalue weighted by atomic mass is 16.7. The number of ether oxygens (including phenoxy) is 2. The van der Waals surface area contributed by atoms with Gasteiger partial charge in [-0.3, -0.25) is 9.13 Å². The Morgan fingerprint density at radius 3 is 2.29 bits per heavy atom. The number of rotatable bonds is 11. The van der Waals surface area contributed by atoms with Gasteiger partial charge in [0.1, 0.15) is 0 Å². The van der Waals surface area contributed by atoms with E-state index in [0.29, 0.717) is 18.9 Å². The van der Waals surface area contributed by atoms with E-state index in [1.807, 2.05) is 35.8 Å². The third-order valence-corrected chi connectivity index (χ3v) is 6.23. The Bertz CT molecular complexity index is 1290. The molecule has 0 fully saturated rings. The number of hydrogen-bond acceptors (Lipinski definition) is 6. The average Bonchev–Trinajstić information content (AvgIpc) is 3.52. The Balaban J connectivity index is 1.70. The number of nitrogens with zero attached hydrogens (tertiary/aromatic N) is 5. The molecule has 9 nitrogen and oxygen atoms in total. The van der Waals surface area contributed by atoms with Crippen molar-refractivity contribution < 1.29 is 9.47 Å². The molecule has 35 heavy (non-hydrogen) atoms. The highest BCUT2D eigenvalue weighted by molar-refractivity contribution is 5.80. The highest BCUT2D eigenvalue weighted by Gasteiger charge is 2.25. The summed E-state index contributed by atoms with van der Waals surface area (Å²) in [4.78, 5) is 13.4. The van der Waals surface area contributed by atoms with Gasteiger partial charge >= 0.3 is 5.69 Å². The molecule has 0 aliphatic carbocycles. The van der Waals surface area contributed by atoms with E-state index in [0.717, 1.165) is 52.9 Å². The second-order valence-corrected chi connectivity index (χ2v) is 8.33. The van der Waals surface area contributed by atoms with Crippen LogP contribution >= 0.6 is 0 Å². The predicted molar refractivity (Wildman–Crippen MR) is 134 cm³/mol. The largest absolute Gasteiger partial charge is 0.350 e. The summed E-state index contributed by atoms with van der Waals surface area (Å²) >= 11 is 0. The average molecular weight is 477 g/mol. The molecule has 2 aromatic carbocycles. The Labute approximate surface area is 204 Å². The molecular weight excluding hydrogens is 444 g/mol. The van der Waals surface area contributed by atoms with Crippen molar-refractivity contribution in [2.75, 3.05) is 14.2 Å². The number of methoxy groups -OCH3 is 2. The molecule has 4 aromatic rings. The first-order valence-corrected chi connectivity index (χ1v) is 11.9. The molecule has 1 N–H and O–H groups in total.